The second kappa shape index (κ2) is 12.5. The molecular weight excluding hydrogens is 763 g/mol. The Balaban J connectivity index is 1.72. The molecule has 0 saturated carbocycles. The topological polar surface area (TPSA) is 354 Å². The first-order valence-electron chi connectivity index (χ1n) is 13.3. The fraction of sp³-hybridized carbons (Fsp3) is 0.0370. The summed E-state index contributed by atoms with van der Waals surface area (Å²) in [6.07, 6.45) is 0. The third kappa shape index (κ3) is 7.14. The molecule has 0 aliphatic carbocycles. The van der Waals surface area contributed by atoms with Crippen molar-refractivity contribution in [2.75, 3.05) is 5.73 Å². The average molecular weight is 784 g/mol. The number of benzene rings is 5. The van der Waals surface area contributed by atoms with E-state index < -0.39 is 99.5 Å². The zero-order valence-corrected chi connectivity index (χ0v) is 28.4. The van der Waals surface area contributed by atoms with Crippen molar-refractivity contribution in [3.05, 3.63) is 60.2 Å². The smallest absolute Gasteiger partial charge is 0.296 e. The first kappa shape index (κ1) is 36.9. The number of phenolic OH excluding ortho intramolecular Hbond substituents is 3. The number of nitrogen functional groups attached to an aromatic ring is 1. The third-order valence-corrected chi connectivity index (χ3v) is 10.6. The Hall–Kier alpha value is -5.34. The van der Waals surface area contributed by atoms with Crippen LogP contribution in [0.1, 0.15) is 5.56 Å². The van der Waals surface area contributed by atoms with Crippen molar-refractivity contribution in [2.24, 2.45) is 20.5 Å². The minimum absolute atomic E-state index is 0.0100. The predicted octanol–water partition coefficient (Wildman–Crippen LogP) is 4.82. The summed E-state index contributed by atoms with van der Waals surface area (Å²) in [5.74, 6) is -2.40. The average Bonchev–Trinajstić information content (AvgIpc) is 2.99. The predicted molar refractivity (Wildman–Crippen MR) is 176 cm³/mol. The van der Waals surface area contributed by atoms with Crippen molar-refractivity contribution < 1.29 is 67.2 Å². The summed E-state index contributed by atoms with van der Waals surface area (Å²) in [5, 5.41) is 45.8. The monoisotopic (exact) mass is 783 g/mol. The van der Waals surface area contributed by atoms with Crippen LogP contribution in [0.3, 0.4) is 0 Å². The standard InChI is InChI=1S/C27H21N5O15S4/c1-11-6-15-14(26(34)24(11)31-29-17-4-2-12(28)7-21(17)50(42,43)44)3-5-19(33)25(15)32-30-18-10-20(49(39,40)41)16-8-13(48(36,37)38)9-22(51(45,46)47)23(16)27(18)35/h2-10,33-35H,28H2,1H3,(H,36,37,38)(H,39,40,41)(H,42,43,44)(H,45,46,47). The van der Waals surface area contributed by atoms with Crippen molar-refractivity contribution in [3.8, 4) is 17.2 Å². The first-order valence-corrected chi connectivity index (χ1v) is 19.1. The maximum absolute atomic E-state index is 12.3. The molecular formula is C27H21N5O15S4. The maximum Gasteiger partial charge on any atom is 0.296 e. The molecule has 20 nitrogen and oxygen atoms in total. The molecule has 24 heteroatoms. The van der Waals surface area contributed by atoms with Crippen LogP contribution in [0.15, 0.2) is 94.6 Å². The molecule has 0 aliphatic rings. The molecule has 0 radical (unpaired) electrons. The van der Waals surface area contributed by atoms with Gasteiger partial charge in [0, 0.05) is 27.2 Å². The van der Waals surface area contributed by atoms with E-state index in [1.54, 1.807) is 0 Å². The fourth-order valence-electron chi connectivity index (χ4n) is 4.88. The van der Waals surface area contributed by atoms with E-state index in [-0.39, 0.29) is 39.5 Å². The maximum atomic E-state index is 12.3. The van der Waals surface area contributed by atoms with Crippen molar-refractivity contribution in [2.45, 2.75) is 26.5 Å². The van der Waals surface area contributed by atoms with E-state index in [0.29, 0.717) is 12.1 Å². The number of aromatic hydroxyl groups is 3. The highest BCUT2D eigenvalue weighted by molar-refractivity contribution is 7.87. The molecule has 0 unspecified atom stereocenters. The molecule has 9 N–H and O–H groups in total. The number of hydrogen-bond acceptors (Lipinski definition) is 16. The summed E-state index contributed by atoms with van der Waals surface area (Å²) in [7, 11) is -20.9. The Morgan fingerprint density at radius 3 is 1.71 bits per heavy atom. The Morgan fingerprint density at radius 1 is 0.529 bits per heavy atom. The van der Waals surface area contributed by atoms with Gasteiger partial charge in [0.25, 0.3) is 40.5 Å². The molecule has 0 saturated heterocycles. The number of nitrogens with zero attached hydrogens (tertiary/aromatic N) is 4. The van der Waals surface area contributed by atoms with E-state index in [0.717, 1.165) is 18.2 Å². The molecule has 5 aromatic rings. The summed E-state index contributed by atoms with van der Waals surface area (Å²) < 4.78 is 135. The quantitative estimate of drug-likeness (QED) is 0.0594. The van der Waals surface area contributed by atoms with Gasteiger partial charge in [-0.2, -0.15) is 33.7 Å². The van der Waals surface area contributed by atoms with Crippen LogP contribution in [-0.2, 0) is 40.5 Å². The number of aryl methyl sites for hydroxylation is 1. The fourth-order valence-corrected chi connectivity index (χ4v) is 7.58. The summed E-state index contributed by atoms with van der Waals surface area (Å²) in [6, 6.07) is 7.95. The molecule has 5 rings (SSSR count). The van der Waals surface area contributed by atoms with Gasteiger partial charge in [0.15, 0.2) is 11.5 Å². The molecule has 0 amide bonds. The van der Waals surface area contributed by atoms with Crippen LogP contribution in [0, 0.1) is 6.92 Å². The Kier molecular flexibility index (Phi) is 9.02. The van der Waals surface area contributed by atoms with Crippen LogP contribution < -0.4 is 5.73 Å². The molecule has 51 heavy (non-hydrogen) atoms. The molecule has 0 aromatic heterocycles. The number of rotatable bonds is 8. The van der Waals surface area contributed by atoms with Crippen molar-refractivity contribution in [3.63, 3.8) is 0 Å². The van der Waals surface area contributed by atoms with E-state index in [2.05, 4.69) is 20.5 Å². The van der Waals surface area contributed by atoms with E-state index >= 15 is 0 Å². The van der Waals surface area contributed by atoms with Gasteiger partial charge in [-0.05, 0) is 67.1 Å². The SMILES string of the molecule is Cc1cc2c(N=Nc3cc(S(=O)(=O)O)c4cc(S(=O)(=O)O)cc(S(=O)(=O)O)c4c3O)c(O)ccc2c(O)c1N=Nc1ccc(N)cc1S(=O)(=O)O. The van der Waals surface area contributed by atoms with E-state index in [1.807, 2.05) is 0 Å². The zero-order valence-electron chi connectivity index (χ0n) is 25.1. The van der Waals surface area contributed by atoms with Gasteiger partial charge in [0.1, 0.15) is 43.2 Å². The Bertz CT molecular complexity index is 2860. The summed E-state index contributed by atoms with van der Waals surface area (Å²) >= 11 is 0. The minimum Gasteiger partial charge on any atom is -0.506 e. The van der Waals surface area contributed by atoms with Crippen LogP contribution in [0.5, 0.6) is 17.2 Å². The lowest BCUT2D eigenvalue weighted by Crippen LogP contribution is -2.07. The largest absolute Gasteiger partial charge is 0.506 e. The molecule has 0 atom stereocenters. The molecule has 0 bridgehead atoms. The Morgan fingerprint density at radius 2 is 1.12 bits per heavy atom. The summed E-state index contributed by atoms with van der Waals surface area (Å²) in [4.78, 5) is -4.56. The van der Waals surface area contributed by atoms with Gasteiger partial charge in [-0.3, -0.25) is 18.2 Å². The van der Waals surface area contributed by atoms with Gasteiger partial charge in [0.2, 0.25) is 0 Å². The van der Waals surface area contributed by atoms with Crippen LogP contribution in [0.25, 0.3) is 21.5 Å². The van der Waals surface area contributed by atoms with E-state index in [1.165, 1.54) is 25.1 Å². The Labute approximate surface area is 286 Å². The van der Waals surface area contributed by atoms with Crippen LogP contribution in [0.2, 0.25) is 0 Å². The number of fused-ring (bicyclic) bond motifs is 2. The molecule has 268 valence electrons. The highest BCUT2D eigenvalue weighted by atomic mass is 32.2. The number of azo groups is 2. The van der Waals surface area contributed by atoms with Crippen molar-refractivity contribution in [1.82, 2.24) is 0 Å². The van der Waals surface area contributed by atoms with Gasteiger partial charge >= 0.3 is 0 Å². The lowest BCUT2D eigenvalue weighted by molar-refractivity contribution is 0.471. The van der Waals surface area contributed by atoms with Crippen LogP contribution in [-0.4, -0.2) is 67.2 Å². The lowest BCUT2D eigenvalue weighted by atomic mass is 10.0. The first-order chi connectivity index (χ1) is 23.4. The minimum atomic E-state index is -5.48. The van der Waals surface area contributed by atoms with E-state index in [4.69, 9.17) is 5.73 Å². The normalized spacial score (nSPS) is 13.2. The summed E-state index contributed by atoms with van der Waals surface area (Å²) in [5.41, 5.74) is 3.84. The number of phenols is 3. The third-order valence-electron chi connectivity index (χ3n) is 7.13. The highest BCUT2D eigenvalue weighted by Gasteiger charge is 2.29. The molecule has 0 heterocycles. The summed E-state index contributed by atoms with van der Waals surface area (Å²) in [6.45, 7) is 1.41. The second-order valence-electron chi connectivity index (χ2n) is 10.5. The van der Waals surface area contributed by atoms with Gasteiger partial charge in [0.05, 0.1) is 4.90 Å². The molecule has 0 spiro atoms. The van der Waals surface area contributed by atoms with Gasteiger partial charge < -0.3 is 21.1 Å². The van der Waals surface area contributed by atoms with Gasteiger partial charge in [-0.1, -0.05) is 0 Å². The molecule has 5 aromatic carbocycles. The number of hydrogen-bond donors (Lipinski definition) is 8. The van der Waals surface area contributed by atoms with Crippen LogP contribution >= 0.6 is 0 Å². The highest BCUT2D eigenvalue weighted by Crippen LogP contribution is 2.47. The van der Waals surface area contributed by atoms with Gasteiger partial charge in [-0.25, -0.2) is 0 Å². The van der Waals surface area contributed by atoms with Gasteiger partial charge in [-0.15, -0.1) is 20.5 Å². The zero-order chi connectivity index (χ0) is 38.0. The van der Waals surface area contributed by atoms with Crippen LogP contribution in [0.4, 0.5) is 28.4 Å². The number of nitrogens with two attached hydrogens (primary N) is 1. The lowest BCUT2D eigenvalue weighted by Gasteiger charge is -2.13. The molecule has 0 fully saturated rings. The van der Waals surface area contributed by atoms with E-state index in [9.17, 15) is 67.2 Å². The van der Waals surface area contributed by atoms with Crippen molar-refractivity contribution in [1.29, 1.82) is 0 Å². The van der Waals surface area contributed by atoms with Crippen molar-refractivity contribution >= 4 is 90.5 Å². The number of anilines is 1. The molecule has 0 aliphatic heterocycles. The second-order valence-corrected chi connectivity index (χ2v) is 16.1.